The van der Waals surface area contributed by atoms with Crippen molar-refractivity contribution in [1.29, 1.82) is 0 Å². The van der Waals surface area contributed by atoms with E-state index in [-0.39, 0.29) is 6.17 Å². The molecule has 5 nitrogen and oxygen atoms in total. The highest BCUT2D eigenvalue weighted by atomic mass is 35.5. The number of benzene rings is 1. The third-order valence-corrected chi connectivity index (χ3v) is 5.64. The molecule has 3 N–H and O–H groups in total. The fourth-order valence-electron chi connectivity index (χ4n) is 3.01. The quantitative estimate of drug-likeness (QED) is 0.613. The van der Waals surface area contributed by atoms with Crippen LogP contribution in [-0.4, -0.2) is 32.2 Å². The van der Waals surface area contributed by atoms with Crippen molar-refractivity contribution in [1.82, 2.24) is 13.9 Å². The number of aliphatic hydroxyl groups is 1. The Morgan fingerprint density at radius 3 is 2.66 bits per heavy atom. The number of aliphatic hydroxyl groups excluding tert-OH is 1. The first-order valence-electron chi connectivity index (χ1n) is 9.48. The zero-order valence-electron chi connectivity index (χ0n) is 16.7. The summed E-state index contributed by atoms with van der Waals surface area (Å²) in [5.74, 6) is 0. The van der Waals surface area contributed by atoms with Gasteiger partial charge in [0, 0.05) is 47.1 Å². The van der Waals surface area contributed by atoms with Gasteiger partial charge in [0.05, 0.1) is 11.2 Å². The summed E-state index contributed by atoms with van der Waals surface area (Å²) in [5.41, 5.74) is 8.23. The maximum absolute atomic E-state index is 11.0. The molecule has 0 bridgehead atoms. The molecule has 2 unspecified atom stereocenters. The van der Waals surface area contributed by atoms with E-state index < -0.39 is 6.10 Å². The first-order valence-corrected chi connectivity index (χ1v) is 10.6. The summed E-state index contributed by atoms with van der Waals surface area (Å²) in [6.07, 6.45) is 8.13. The minimum atomic E-state index is -0.809. The van der Waals surface area contributed by atoms with Gasteiger partial charge in [-0.15, -0.1) is 0 Å². The lowest BCUT2D eigenvalue weighted by molar-refractivity contribution is 0.215. The van der Waals surface area contributed by atoms with E-state index in [1.165, 1.54) is 0 Å². The number of halogens is 1. The van der Waals surface area contributed by atoms with Crippen LogP contribution in [-0.2, 0) is 0 Å². The third-order valence-electron chi connectivity index (χ3n) is 4.48. The lowest BCUT2D eigenvalue weighted by Gasteiger charge is -2.26. The number of nitrogens with two attached hydrogens (primary N) is 1. The lowest BCUT2D eigenvalue weighted by Crippen LogP contribution is -2.35. The van der Waals surface area contributed by atoms with Gasteiger partial charge in [-0.05, 0) is 36.2 Å². The van der Waals surface area contributed by atoms with Crippen molar-refractivity contribution in [3.8, 4) is 0 Å². The predicted molar refractivity (Wildman–Crippen MR) is 122 cm³/mol. The van der Waals surface area contributed by atoms with E-state index in [9.17, 15) is 5.11 Å². The summed E-state index contributed by atoms with van der Waals surface area (Å²) < 4.78 is 1.96. The van der Waals surface area contributed by atoms with Crippen molar-refractivity contribution < 1.29 is 5.11 Å². The number of fused-ring (bicyclic) bond motifs is 1. The number of hydrogen-bond acceptors (Lipinski definition) is 5. The van der Waals surface area contributed by atoms with Gasteiger partial charge in [0.15, 0.2) is 5.65 Å². The maximum Gasteiger partial charge on any atom is 0.150 e. The minimum absolute atomic E-state index is 0.188. The highest BCUT2D eigenvalue weighted by Gasteiger charge is 2.22. The number of pyridine rings is 1. The van der Waals surface area contributed by atoms with Crippen molar-refractivity contribution >= 4 is 34.6 Å². The van der Waals surface area contributed by atoms with Gasteiger partial charge >= 0.3 is 0 Å². The zero-order chi connectivity index (χ0) is 21.0. The molecule has 3 heterocycles. The summed E-state index contributed by atoms with van der Waals surface area (Å²) in [5, 5.41) is 12.4. The number of aromatic nitrogens is 2. The van der Waals surface area contributed by atoms with E-state index in [2.05, 4.69) is 4.98 Å². The Balaban J connectivity index is 0.00000117. The molecule has 152 valence electrons. The minimum Gasteiger partial charge on any atom is -0.384 e. The molecule has 1 aliphatic heterocycles. The number of likely N-dealkylation sites (N-methyl/N-ethyl adjacent to an activating group) is 1. The Hall–Kier alpha value is -2.25. The van der Waals surface area contributed by atoms with E-state index in [1.54, 1.807) is 18.1 Å². The van der Waals surface area contributed by atoms with Crippen LogP contribution < -0.4 is 5.73 Å². The van der Waals surface area contributed by atoms with Crippen LogP contribution >= 0.6 is 23.5 Å². The van der Waals surface area contributed by atoms with Gasteiger partial charge in [0.2, 0.25) is 0 Å². The molecule has 1 aliphatic rings. The van der Waals surface area contributed by atoms with Gasteiger partial charge in [-0.1, -0.05) is 49.7 Å². The normalized spacial score (nSPS) is 17.0. The van der Waals surface area contributed by atoms with Crippen molar-refractivity contribution in [3.05, 3.63) is 83.3 Å². The van der Waals surface area contributed by atoms with Crippen molar-refractivity contribution in [3.63, 3.8) is 0 Å². The molecule has 0 aliphatic carbocycles. The first-order chi connectivity index (χ1) is 14.0. The summed E-state index contributed by atoms with van der Waals surface area (Å²) in [6, 6.07) is 11.9. The molecule has 0 radical (unpaired) electrons. The van der Waals surface area contributed by atoms with Crippen molar-refractivity contribution in [2.75, 3.05) is 7.05 Å². The molecule has 0 fully saturated rings. The second kappa shape index (κ2) is 9.50. The molecule has 2 atom stereocenters. The molecule has 1 aromatic carbocycles. The molecule has 4 rings (SSSR count). The number of rotatable bonds is 4. The highest BCUT2D eigenvalue weighted by molar-refractivity contribution is 7.98. The van der Waals surface area contributed by atoms with Crippen LogP contribution in [0, 0.1) is 0 Å². The van der Waals surface area contributed by atoms with Crippen LogP contribution in [0.3, 0.4) is 0 Å². The molecule has 3 aromatic rings. The van der Waals surface area contributed by atoms with E-state index in [0.717, 1.165) is 27.1 Å². The topological polar surface area (TPSA) is 67.3 Å². The van der Waals surface area contributed by atoms with Crippen LogP contribution in [0.1, 0.15) is 25.5 Å². The van der Waals surface area contributed by atoms with Crippen molar-refractivity contribution in [2.45, 2.75) is 31.0 Å². The molecule has 0 saturated heterocycles. The molecule has 29 heavy (non-hydrogen) atoms. The Bertz CT molecular complexity index is 1030. The fourth-order valence-corrected chi connectivity index (χ4v) is 4.07. The second-order valence-corrected chi connectivity index (χ2v) is 7.87. The fraction of sp³-hybridized carbons (Fsp3) is 0.227. The van der Waals surface area contributed by atoms with Gasteiger partial charge in [0.25, 0.3) is 0 Å². The molecule has 0 saturated carbocycles. The first kappa shape index (κ1) is 21.5. The standard InChI is InChI=1S/C20H19ClN4OS.C2H6/c1-24-11-13(7-8-18(24)22)19(26)17-12-25(27-15-5-3-2-4-6-15)20-16(17)9-14(21)10-23-20;1-2/h2-12,18-19,26H,22H2,1H3;1-2H3. The Morgan fingerprint density at radius 1 is 1.24 bits per heavy atom. The van der Waals surface area contributed by atoms with Crippen molar-refractivity contribution in [2.24, 2.45) is 5.73 Å². The van der Waals surface area contributed by atoms with Crippen LogP contribution in [0.2, 0.25) is 5.02 Å². The van der Waals surface area contributed by atoms with Crippen LogP contribution in [0.15, 0.2) is 77.6 Å². The van der Waals surface area contributed by atoms with Crippen LogP contribution in [0.25, 0.3) is 11.0 Å². The van der Waals surface area contributed by atoms with Gasteiger partial charge in [-0.25, -0.2) is 4.98 Å². The second-order valence-electron chi connectivity index (χ2n) is 6.39. The lowest BCUT2D eigenvalue weighted by atomic mass is 10.00. The summed E-state index contributed by atoms with van der Waals surface area (Å²) in [4.78, 5) is 7.42. The third kappa shape index (κ3) is 4.67. The summed E-state index contributed by atoms with van der Waals surface area (Å²) in [7, 11) is 1.88. The zero-order valence-corrected chi connectivity index (χ0v) is 18.2. The van der Waals surface area contributed by atoms with E-state index in [4.69, 9.17) is 17.3 Å². The average molecular weight is 429 g/mol. The number of hydrogen-bond donors (Lipinski definition) is 2. The van der Waals surface area contributed by atoms with E-state index in [1.807, 2.05) is 90.7 Å². The molecular weight excluding hydrogens is 404 g/mol. The van der Waals surface area contributed by atoms with Gasteiger partial charge < -0.3 is 15.7 Å². The van der Waals surface area contributed by atoms with Crippen LogP contribution in [0.4, 0.5) is 0 Å². The van der Waals surface area contributed by atoms with Gasteiger partial charge in [-0.3, -0.25) is 3.97 Å². The Morgan fingerprint density at radius 2 is 1.97 bits per heavy atom. The molecule has 7 heteroatoms. The van der Waals surface area contributed by atoms with Gasteiger partial charge in [-0.2, -0.15) is 0 Å². The Kier molecular flexibility index (Phi) is 7.03. The highest BCUT2D eigenvalue weighted by Crippen LogP contribution is 2.36. The van der Waals surface area contributed by atoms with Gasteiger partial charge in [0.1, 0.15) is 6.10 Å². The molecule has 2 aromatic heterocycles. The summed E-state index contributed by atoms with van der Waals surface area (Å²) >= 11 is 7.72. The monoisotopic (exact) mass is 428 g/mol. The van der Waals surface area contributed by atoms with E-state index in [0.29, 0.717) is 5.02 Å². The largest absolute Gasteiger partial charge is 0.384 e. The average Bonchev–Trinajstić information content (AvgIpc) is 3.09. The molecular formula is C22H25ClN4OS. The van der Waals surface area contributed by atoms with E-state index >= 15 is 0 Å². The number of nitrogens with zero attached hydrogens (tertiary/aromatic N) is 3. The maximum atomic E-state index is 11.0. The molecule has 0 amide bonds. The predicted octanol–water partition coefficient (Wildman–Crippen LogP) is 4.98. The van der Waals surface area contributed by atoms with Crippen LogP contribution in [0.5, 0.6) is 0 Å². The smallest absolute Gasteiger partial charge is 0.150 e. The molecule has 0 spiro atoms. The Labute approximate surface area is 180 Å². The summed E-state index contributed by atoms with van der Waals surface area (Å²) in [6.45, 7) is 4.00. The SMILES string of the molecule is CC.CN1C=C(C(O)c2cn(Sc3ccccc3)c3ncc(Cl)cc23)C=CC1N.